The van der Waals surface area contributed by atoms with E-state index in [2.05, 4.69) is 60.1 Å². The molecule has 4 aromatic carbocycles. The molecule has 0 bridgehead atoms. The van der Waals surface area contributed by atoms with Gasteiger partial charge in [0.1, 0.15) is 0 Å². The third-order valence-electron chi connectivity index (χ3n) is 6.10. The predicted molar refractivity (Wildman–Crippen MR) is 157 cm³/mol. The van der Waals surface area contributed by atoms with Crippen LogP contribution in [0.2, 0.25) is 0 Å². The first-order valence-corrected chi connectivity index (χ1v) is 12.7. The first kappa shape index (κ1) is 25.0. The van der Waals surface area contributed by atoms with E-state index in [1.165, 1.54) is 0 Å². The molecule has 1 amide bonds. The van der Waals surface area contributed by atoms with Crippen LogP contribution in [0.3, 0.4) is 0 Å². The number of aromatic nitrogens is 2. The van der Waals surface area contributed by atoms with E-state index in [0.29, 0.717) is 17.6 Å². The lowest BCUT2D eigenvalue weighted by Gasteiger charge is -2.13. The van der Waals surface area contributed by atoms with Crippen LogP contribution in [0.25, 0.3) is 22.2 Å². The van der Waals surface area contributed by atoms with Crippen molar-refractivity contribution in [3.8, 4) is 11.3 Å². The molecule has 0 aliphatic rings. The molecule has 5 rings (SSSR count). The Labute approximate surface area is 223 Å². The van der Waals surface area contributed by atoms with Gasteiger partial charge < -0.3 is 16.0 Å². The topological polar surface area (TPSA) is 78.9 Å². The van der Waals surface area contributed by atoms with Crippen LogP contribution < -0.4 is 16.0 Å². The molecular weight excluding hydrogens is 470 g/mol. The van der Waals surface area contributed by atoms with Crippen molar-refractivity contribution in [3.63, 3.8) is 0 Å². The molecule has 0 radical (unpaired) electrons. The van der Waals surface area contributed by atoms with Crippen molar-refractivity contribution in [1.29, 1.82) is 0 Å². The van der Waals surface area contributed by atoms with E-state index < -0.39 is 0 Å². The second-order valence-corrected chi connectivity index (χ2v) is 9.82. The first-order valence-electron chi connectivity index (χ1n) is 12.7. The number of benzene rings is 4. The summed E-state index contributed by atoms with van der Waals surface area (Å²) >= 11 is 0. The summed E-state index contributed by atoms with van der Waals surface area (Å²) in [7, 11) is 0. The number of carbonyl (C=O) groups excluding carboxylic acids is 1. The summed E-state index contributed by atoms with van der Waals surface area (Å²) in [5.41, 5.74) is 8.18. The number of nitrogens with one attached hydrogen (secondary N) is 3. The lowest BCUT2D eigenvalue weighted by Crippen LogP contribution is -2.12. The molecule has 0 fully saturated rings. The first-order chi connectivity index (χ1) is 18.3. The fraction of sp³-hybridized carbons (Fsp3) is 0.156. The molecule has 0 spiro atoms. The van der Waals surface area contributed by atoms with Gasteiger partial charge in [0.2, 0.25) is 5.95 Å². The zero-order valence-electron chi connectivity index (χ0n) is 22.0. The minimum absolute atomic E-state index is 0.152. The maximum Gasteiger partial charge on any atom is 0.255 e. The van der Waals surface area contributed by atoms with Crippen LogP contribution in [-0.4, -0.2) is 21.9 Å². The normalized spacial score (nSPS) is 11.0. The van der Waals surface area contributed by atoms with E-state index in [0.717, 1.165) is 50.3 Å². The second-order valence-electron chi connectivity index (χ2n) is 9.82. The molecule has 1 heterocycles. The Morgan fingerprint density at radius 3 is 2.08 bits per heavy atom. The molecule has 0 unspecified atom stereocenters. The van der Waals surface area contributed by atoms with Crippen molar-refractivity contribution in [3.05, 3.63) is 108 Å². The van der Waals surface area contributed by atoms with Crippen molar-refractivity contribution in [1.82, 2.24) is 9.97 Å². The van der Waals surface area contributed by atoms with Crippen LogP contribution in [0.5, 0.6) is 0 Å². The van der Waals surface area contributed by atoms with Crippen LogP contribution in [0.4, 0.5) is 23.0 Å². The molecule has 190 valence electrons. The van der Waals surface area contributed by atoms with E-state index in [1.54, 1.807) is 12.1 Å². The van der Waals surface area contributed by atoms with Gasteiger partial charge in [0.05, 0.1) is 11.2 Å². The van der Waals surface area contributed by atoms with E-state index in [4.69, 9.17) is 9.97 Å². The molecule has 3 N–H and O–H groups in total. The van der Waals surface area contributed by atoms with Crippen LogP contribution in [0, 0.1) is 13.8 Å². The monoisotopic (exact) mass is 501 g/mol. The highest BCUT2D eigenvalue weighted by atomic mass is 16.1. The highest BCUT2D eigenvalue weighted by Gasteiger charge is 2.12. The Hall–Kier alpha value is -4.71. The number of para-hydroxylation sites is 1. The third kappa shape index (κ3) is 5.81. The molecule has 0 aliphatic heterocycles. The van der Waals surface area contributed by atoms with Crippen LogP contribution in [-0.2, 0) is 0 Å². The lowest BCUT2D eigenvalue weighted by atomic mass is 10.1. The van der Waals surface area contributed by atoms with Gasteiger partial charge in [0.25, 0.3) is 5.91 Å². The zero-order valence-corrected chi connectivity index (χ0v) is 22.0. The minimum Gasteiger partial charge on any atom is -0.383 e. The van der Waals surface area contributed by atoms with Crippen molar-refractivity contribution in [2.75, 3.05) is 16.0 Å². The summed E-state index contributed by atoms with van der Waals surface area (Å²) in [4.78, 5) is 22.4. The molecule has 0 saturated carbocycles. The number of rotatable bonds is 7. The predicted octanol–water partition coefficient (Wildman–Crippen LogP) is 7.73. The molecule has 0 atom stereocenters. The highest BCUT2D eigenvalue weighted by Crippen LogP contribution is 2.29. The molecule has 1 aromatic heterocycles. The summed E-state index contributed by atoms with van der Waals surface area (Å²) in [6, 6.07) is 30.0. The fourth-order valence-electron chi connectivity index (χ4n) is 4.49. The average molecular weight is 502 g/mol. The largest absolute Gasteiger partial charge is 0.383 e. The third-order valence-corrected chi connectivity index (χ3v) is 6.10. The van der Waals surface area contributed by atoms with Crippen LogP contribution >= 0.6 is 0 Å². The fourth-order valence-corrected chi connectivity index (χ4v) is 4.49. The molecule has 6 heteroatoms. The van der Waals surface area contributed by atoms with Crippen LogP contribution in [0.15, 0.2) is 91.0 Å². The van der Waals surface area contributed by atoms with Crippen LogP contribution in [0.1, 0.15) is 35.3 Å². The number of anilines is 4. The number of hydrogen-bond donors (Lipinski definition) is 3. The summed E-state index contributed by atoms with van der Waals surface area (Å²) in [5, 5.41) is 10.7. The molecular formula is C32H31N5O. The Morgan fingerprint density at radius 1 is 0.737 bits per heavy atom. The maximum absolute atomic E-state index is 12.8. The number of aryl methyl sites for hydroxylation is 2. The van der Waals surface area contributed by atoms with Gasteiger partial charge in [-0.25, -0.2) is 9.97 Å². The smallest absolute Gasteiger partial charge is 0.255 e. The second kappa shape index (κ2) is 10.7. The van der Waals surface area contributed by atoms with E-state index >= 15 is 0 Å². The Balaban J connectivity index is 1.38. The maximum atomic E-state index is 12.8. The molecule has 38 heavy (non-hydrogen) atoms. The van der Waals surface area contributed by atoms with Gasteiger partial charge in [0.15, 0.2) is 0 Å². The Kier molecular flexibility index (Phi) is 7.05. The average Bonchev–Trinajstić information content (AvgIpc) is 2.88. The van der Waals surface area contributed by atoms with Crippen molar-refractivity contribution >= 4 is 39.8 Å². The number of amides is 1. The summed E-state index contributed by atoms with van der Waals surface area (Å²) in [6.07, 6.45) is 0. The molecule has 6 nitrogen and oxygen atoms in total. The molecule has 0 aliphatic carbocycles. The Bertz CT molecular complexity index is 1570. The van der Waals surface area contributed by atoms with Gasteiger partial charge in [-0.15, -0.1) is 0 Å². The SMILES string of the molecule is Cc1cc(C)cc(NC(=O)c2ccc(Nc3nc(-c4ccc(NC(C)C)cc4)c4ccccc4n3)cc2)c1. The van der Waals surface area contributed by atoms with Crippen molar-refractivity contribution in [2.45, 2.75) is 33.7 Å². The minimum atomic E-state index is -0.152. The van der Waals surface area contributed by atoms with Gasteiger partial charge in [-0.05, 0) is 93.4 Å². The number of hydrogen-bond acceptors (Lipinski definition) is 5. The van der Waals surface area contributed by atoms with Gasteiger partial charge in [-0.2, -0.15) is 0 Å². The number of carbonyl (C=O) groups is 1. The molecule has 5 aromatic rings. The summed E-state index contributed by atoms with van der Waals surface area (Å²) < 4.78 is 0. The molecule has 0 saturated heterocycles. The van der Waals surface area contributed by atoms with E-state index in [1.807, 2.05) is 62.4 Å². The number of nitrogens with zero attached hydrogens (tertiary/aromatic N) is 2. The lowest BCUT2D eigenvalue weighted by molar-refractivity contribution is 0.102. The summed E-state index contributed by atoms with van der Waals surface area (Å²) in [5.74, 6) is 0.344. The van der Waals surface area contributed by atoms with Gasteiger partial charge in [0, 0.05) is 39.6 Å². The highest BCUT2D eigenvalue weighted by molar-refractivity contribution is 6.04. The zero-order chi connectivity index (χ0) is 26.6. The summed E-state index contributed by atoms with van der Waals surface area (Å²) in [6.45, 7) is 8.27. The van der Waals surface area contributed by atoms with Crippen molar-refractivity contribution < 1.29 is 4.79 Å². The quantitative estimate of drug-likeness (QED) is 0.213. The van der Waals surface area contributed by atoms with Gasteiger partial charge >= 0.3 is 0 Å². The Morgan fingerprint density at radius 2 is 1.39 bits per heavy atom. The van der Waals surface area contributed by atoms with Gasteiger partial charge in [-0.1, -0.05) is 36.4 Å². The van der Waals surface area contributed by atoms with E-state index in [-0.39, 0.29) is 5.91 Å². The van der Waals surface area contributed by atoms with Crippen molar-refractivity contribution in [2.24, 2.45) is 0 Å². The van der Waals surface area contributed by atoms with Gasteiger partial charge in [-0.3, -0.25) is 4.79 Å². The van der Waals surface area contributed by atoms with E-state index in [9.17, 15) is 4.79 Å². The number of fused-ring (bicyclic) bond motifs is 1. The standard InChI is InChI=1S/C32H31N5O/c1-20(2)33-25-13-9-23(10-14-25)30-28-7-5-6-8-29(28)36-32(37-30)35-26-15-11-24(12-16-26)31(38)34-27-18-21(3)17-22(4)19-27/h5-20,33H,1-4H3,(H,34,38)(H,35,36,37).